The summed E-state index contributed by atoms with van der Waals surface area (Å²) in [6, 6.07) is 34.4. The van der Waals surface area contributed by atoms with Crippen molar-refractivity contribution in [2.75, 3.05) is 4.90 Å². The Kier molecular flexibility index (Phi) is 3.29. The van der Waals surface area contributed by atoms with Gasteiger partial charge in [0.1, 0.15) is 0 Å². The van der Waals surface area contributed by atoms with Crippen molar-refractivity contribution in [1.29, 1.82) is 0 Å². The van der Waals surface area contributed by atoms with Crippen LogP contribution in [0, 0.1) is 0 Å². The monoisotopic (exact) mass is 445 g/mol. The van der Waals surface area contributed by atoms with Crippen LogP contribution in [-0.2, 0) is 25.7 Å². The zero-order valence-electron chi connectivity index (χ0n) is 19.4. The Morgan fingerprint density at radius 1 is 0.429 bits per heavy atom. The predicted octanol–water partition coefficient (Wildman–Crippen LogP) is 8.11. The molecule has 2 aliphatic heterocycles. The van der Waals surface area contributed by atoms with Crippen LogP contribution in [0.2, 0.25) is 0 Å². The van der Waals surface area contributed by atoms with Crippen LogP contribution in [0.1, 0.15) is 44.5 Å². The highest BCUT2D eigenvalue weighted by Gasteiger charge is 2.38. The summed E-state index contributed by atoms with van der Waals surface area (Å²) in [6.45, 7) is 0. The van der Waals surface area contributed by atoms with Crippen LogP contribution in [-0.4, -0.2) is 0 Å². The second kappa shape index (κ2) is 6.31. The van der Waals surface area contributed by atoms with Gasteiger partial charge in [-0.05, 0) is 91.7 Å². The lowest BCUT2D eigenvalue weighted by Crippen LogP contribution is -2.25. The Bertz CT molecular complexity index is 1760. The molecule has 164 valence electrons. The molecule has 1 heteroatoms. The third kappa shape index (κ3) is 2.24. The summed E-state index contributed by atoms with van der Waals surface area (Å²) >= 11 is 0. The van der Waals surface area contributed by atoms with Gasteiger partial charge >= 0.3 is 0 Å². The molecule has 9 rings (SSSR count). The van der Waals surface area contributed by atoms with Crippen molar-refractivity contribution in [2.24, 2.45) is 0 Å². The molecule has 35 heavy (non-hydrogen) atoms. The summed E-state index contributed by atoms with van der Waals surface area (Å²) in [6.07, 6.45) is 4.12. The zero-order valence-corrected chi connectivity index (χ0v) is 19.4. The average Bonchev–Trinajstić information content (AvgIpc) is 3.46. The molecule has 0 unspecified atom stereocenters. The molecular weight excluding hydrogens is 422 g/mol. The Hall–Kier alpha value is -4.10. The summed E-state index contributed by atoms with van der Waals surface area (Å²) in [5.74, 6) is 0. The van der Waals surface area contributed by atoms with E-state index in [9.17, 15) is 0 Å². The summed E-state index contributed by atoms with van der Waals surface area (Å²) < 4.78 is 0. The lowest BCUT2D eigenvalue weighted by molar-refractivity contribution is 1.01. The van der Waals surface area contributed by atoms with E-state index >= 15 is 0 Å². The van der Waals surface area contributed by atoms with E-state index < -0.39 is 0 Å². The molecule has 5 aromatic carbocycles. The first kappa shape index (κ1) is 18.3. The first-order chi connectivity index (χ1) is 17.3. The maximum absolute atomic E-state index is 2.60. The smallest absolute Gasteiger partial charge is 0.0539 e. The third-order valence-corrected chi connectivity index (χ3v) is 8.70. The number of nitrogens with zero attached hydrogens (tertiary/aromatic N) is 1. The van der Waals surface area contributed by atoms with Crippen LogP contribution in [0.25, 0.3) is 22.3 Å². The van der Waals surface area contributed by atoms with Crippen LogP contribution in [0.4, 0.5) is 17.1 Å². The van der Waals surface area contributed by atoms with Gasteiger partial charge in [0, 0.05) is 18.5 Å². The highest BCUT2D eigenvalue weighted by atomic mass is 15.2. The number of rotatable bonds is 0. The minimum Gasteiger partial charge on any atom is -0.309 e. The molecular formula is C34H23N. The van der Waals surface area contributed by atoms with Crippen LogP contribution in [0.15, 0.2) is 91.0 Å². The molecule has 1 nitrogen and oxygen atoms in total. The molecule has 0 saturated heterocycles. The van der Waals surface area contributed by atoms with E-state index in [1.807, 2.05) is 0 Å². The van der Waals surface area contributed by atoms with E-state index in [0.717, 1.165) is 25.7 Å². The summed E-state index contributed by atoms with van der Waals surface area (Å²) in [4.78, 5) is 2.60. The van der Waals surface area contributed by atoms with Crippen molar-refractivity contribution in [1.82, 2.24) is 0 Å². The second-order valence-electron chi connectivity index (χ2n) is 10.5. The summed E-state index contributed by atoms with van der Waals surface area (Å²) in [5.41, 5.74) is 21.9. The van der Waals surface area contributed by atoms with Gasteiger partial charge in [-0.2, -0.15) is 0 Å². The highest BCUT2D eigenvalue weighted by molar-refractivity contribution is 5.98. The van der Waals surface area contributed by atoms with Crippen LogP contribution < -0.4 is 4.90 Å². The molecule has 0 N–H and O–H groups in total. The van der Waals surface area contributed by atoms with Gasteiger partial charge in [-0.3, -0.25) is 0 Å². The minimum absolute atomic E-state index is 1.01. The predicted molar refractivity (Wildman–Crippen MR) is 143 cm³/mol. The Morgan fingerprint density at radius 3 is 1.86 bits per heavy atom. The van der Waals surface area contributed by atoms with Gasteiger partial charge in [-0.15, -0.1) is 0 Å². The maximum Gasteiger partial charge on any atom is 0.0539 e. The topological polar surface area (TPSA) is 3.24 Å². The number of hydrogen-bond acceptors (Lipinski definition) is 1. The lowest BCUT2D eigenvalue weighted by Gasteiger charge is -2.41. The van der Waals surface area contributed by atoms with Gasteiger partial charge in [0.05, 0.1) is 11.4 Å². The van der Waals surface area contributed by atoms with E-state index in [1.165, 1.54) is 83.8 Å². The Balaban J connectivity index is 1.40. The normalized spacial score (nSPS) is 14.9. The molecule has 0 bridgehead atoms. The second-order valence-corrected chi connectivity index (χ2v) is 10.5. The standard InChI is InChI=1S/C34H23N/c1-4-10-26-20(7-1)15-23-13-14-31-28(32(23)26)19-29-33-24(16-21-8-2-5-11-27(21)33)18-25-17-22-9-3-6-12-30(22)35(31)34(25)29/h1-14,18H,15-17,19H2. The van der Waals surface area contributed by atoms with E-state index in [0.29, 0.717) is 0 Å². The molecule has 5 aromatic rings. The summed E-state index contributed by atoms with van der Waals surface area (Å²) in [7, 11) is 0. The minimum atomic E-state index is 1.01. The fraction of sp³-hybridized carbons (Fsp3) is 0.118. The molecule has 0 spiro atoms. The fourth-order valence-electron chi connectivity index (χ4n) is 7.35. The molecule has 4 aliphatic rings. The van der Waals surface area contributed by atoms with Crippen molar-refractivity contribution >= 4 is 17.1 Å². The highest BCUT2D eigenvalue weighted by Crippen LogP contribution is 2.57. The van der Waals surface area contributed by atoms with Gasteiger partial charge < -0.3 is 4.90 Å². The molecule has 2 heterocycles. The van der Waals surface area contributed by atoms with E-state index in [-0.39, 0.29) is 0 Å². The van der Waals surface area contributed by atoms with Gasteiger partial charge in [0.15, 0.2) is 0 Å². The van der Waals surface area contributed by atoms with Crippen molar-refractivity contribution in [3.05, 3.63) is 136 Å². The zero-order chi connectivity index (χ0) is 22.7. The van der Waals surface area contributed by atoms with Crippen molar-refractivity contribution < 1.29 is 0 Å². The van der Waals surface area contributed by atoms with Gasteiger partial charge in [0.25, 0.3) is 0 Å². The lowest BCUT2D eigenvalue weighted by atomic mass is 9.80. The van der Waals surface area contributed by atoms with Gasteiger partial charge in [0.2, 0.25) is 0 Å². The fourth-order valence-corrected chi connectivity index (χ4v) is 7.35. The molecule has 0 fully saturated rings. The SMILES string of the molecule is c1ccc2c(c1)Cc1ccc3c(c1-2)Cc1c2c(cc4c1N3c1ccccc1C4)Cc1ccccc1-2. The molecule has 0 amide bonds. The molecule has 0 aromatic heterocycles. The number of fused-ring (bicyclic) bond motifs is 12. The van der Waals surface area contributed by atoms with Crippen LogP contribution >= 0.6 is 0 Å². The van der Waals surface area contributed by atoms with E-state index in [2.05, 4.69) is 95.9 Å². The number of benzene rings is 5. The van der Waals surface area contributed by atoms with Crippen LogP contribution in [0.3, 0.4) is 0 Å². The molecule has 0 atom stereocenters. The number of anilines is 3. The van der Waals surface area contributed by atoms with Gasteiger partial charge in [-0.25, -0.2) is 0 Å². The van der Waals surface area contributed by atoms with Crippen molar-refractivity contribution in [3.63, 3.8) is 0 Å². The van der Waals surface area contributed by atoms with E-state index in [1.54, 1.807) is 0 Å². The number of hydrogen-bond donors (Lipinski definition) is 0. The van der Waals surface area contributed by atoms with Gasteiger partial charge in [-0.1, -0.05) is 78.9 Å². The van der Waals surface area contributed by atoms with Crippen molar-refractivity contribution in [2.45, 2.75) is 25.7 Å². The summed E-state index contributed by atoms with van der Waals surface area (Å²) in [5, 5.41) is 0. The Labute approximate surface area is 205 Å². The first-order valence-electron chi connectivity index (χ1n) is 12.7. The number of para-hydroxylation sites is 1. The largest absolute Gasteiger partial charge is 0.309 e. The van der Waals surface area contributed by atoms with Crippen molar-refractivity contribution in [3.8, 4) is 22.3 Å². The molecule has 2 aliphatic carbocycles. The third-order valence-electron chi connectivity index (χ3n) is 8.70. The first-order valence-corrected chi connectivity index (χ1v) is 12.7. The quantitative estimate of drug-likeness (QED) is 0.228. The Morgan fingerprint density at radius 2 is 1.06 bits per heavy atom. The maximum atomic E-state index is 2.60. The van der Waals surface area contributed by atoms with Crippen LogP contribution in [0.5, 0.6) is 0 Å². The molecule has 0 saturated carbocycles. The molecule has 0 radical (unpaired) electrons. The van der Waals surface area contributed by atoms with E-state index in [4.69, 9.17) is 0 Å². The average molecular weight is 446 g/mol.